The van der Waals surface area contributed by atoms with Gasteiger partial charge in [0.05, 0.1) is 0 Å². The molecule has 0 aliphatic rings. The topological polar surface area (TPSA) is 114 Å². The second-order valence-corrected chi connectivity index (χ2v) is 5.81. The Kier molecular flexibility index (Phi) is 8.89. The molecule has 166 valence electrons. The van der Waals surface area contributed by atoms with Gasteiger partial charge in [0.1, 0.15) is 0 Å². The Labute approximate surface area is 184 Å². The van der Waals surface area contributed by atoms with Crippen LogP contribution in [0.15, 0.2) is 60.7 Å². The number of rotatable bonds is 10. The van der Waals surface area contributed by atoms with Crippen LogP contribution in [-0.2, 0) is 50.0 Å². The van der Waals surface area contributed by atoms with Crippen LogP contribution in [0, 0.1) is 24.7 Å². The quantitative estimate of drug-likeness (QED) is 0.242. The summed E-state index contributed by atoms with van der Waals surface area (Å²) >= 11 is 0. The Morgan fingerprint density at radius 2 is 1.06 bits per heavy atom. The zero-order valence-electron chi connectivity index (χ0n) is 17.2. The molecule has 0 saturated heterocycles. The van der Waals surface area contributed by atoms with Crippen molar-refractivity contribution in [1.82, 2.24) is 11.3 Å². The van der Waals surface area contributed by atoms with Gasteiger partial charge in [-0.1, -0.05) is 60.7 Å². The van der Waals surface area contributed by atoms with Gasteiger partial charge >= 0.3 is 11.9 Å². The van der Waals surface area contributed by atoms with E-state index >= 15 is 0 Å². The molecule has 0 aliphatic carbocycles. The fourth-order valence-electron chi connectivity index (χ4n) is 2.41. The average molecular weight is 440 g/mol. The van der Waals surface area contributed by atoms with Crippen LogP contribution >= 0.6 is 0 Å². The molecule has 0 radical (unpaired) electrons. The van der Waals surface area contributed by atoms with Crippen LogP contribution < -0.4 is 11.3 Å². The molecule has 0 saturated carbocycles. The van der Waals surface area contributed by atoms with Gasteiger partial charge in [-0.05, 0) is 23.1 Å². The molecule has 2 aromatic rings. The number of hydrogen-bond acceptors (Lipinski definition) is 10. The third kappa shape index (κ3) is 5.69. The molecule has 0 spiro atoms. The number of methoxy groups -OCH3 is 2. The van der Waals surface area contributed by atoms with Gasteiger partial charge in [0.15, 0.2) is 0 Å². The molecule has 0 aliphatic heterocycles. The van der Waals surface area contributed by atoms with Gasteiger partial charge in [0.2, 0.25) is 0 Å². The molecule has 0 bridgehead atoms. The number of carbonyl (C=O) groups excluding carboxylic acids is 2. The highest BCUT2D eigenvalue weighted by Crippen LogP contribution is 2.25. The molecule has 2 N–H and O–H groups in total. The largest absolute Gasteiger partial charge is 0.439 e. The monoisotopic (exact) mass is 440 g/mol. The fourth-order valence-corrected chi connectivity index (χ4v) is 2.41. The lowest BCUT2D eigenvalue weighted by molar-refractivity contribution is -0.302. The summed E-state index contributed by atoms with van der Waals surface area (Å²) in [6.45, 7) is 0. The summed E-state index contributed by atoms with van der Waals surface area (Å²) in [5.41, 5.74) is 4.49. The first kappa shape index (κ1) is 24.5. The second kappa shape index (κ2) is 11.6. The highest BCUT2D eigenvalue weighted by atomic mass is 17.0. The lowest BCUT2D eigenvalue weighted by Crippen LogP contribution is -2.41. The van der Waals surface area contributed by atoms with Crippen LogP contribution in [0.1, 0.15) is 11.1 Å². The number of hydrogen-bond donors (Lipinski definition) is 2. The molecule has 0 aromatic heterocycles. The van der Waals surface area contributed by atoms with Crippen molar-refractivity contribution in [1.29, 1.82) is 0 Å². The number of ether oxygens (including phenoxy) is 2. The molecule has 32 heavy (non-hydrogen) atoms. The molecule has 2 unspecified atom stereocenters. The minimum Gasteiger partial charge on any atom is -0.338 e. The maximum Gasteiger partial charge on any atom is 0.439 e. The number of benzene rings is 2. The SMILES string of the molecule is C#CC(OC)(ONOC(=O)C(=O)ONOC(C#C)(OC)c1ccccc1)c1ccccc1. The van der Waals surface area contributed by atoms with E-state index in [0.29, 0.717) is 11.1 Å². The van der Waals surface area contributed by atoms with Crippen molar-refractivity contribution >= 4 is 11.9 Å². The smallest absolute Gasteiger partial charge is 0.338 e. The molecule has 2 rings (SSSR count). The molecule has 0 amide bonds. The Hall–Kier alpha value is -3.74. The van der Waals surface area contributed by atoms with Gasteiger partial charge in [-0.2, -0.15) is 0 Å². The van der Waals surface area contributed by atoms with E-state index in [-0.39, 0.29) is 0 Å². The Morgan fingerprint density at radius 3 is 1.34 bits per heavy atom. The van der Waals surface area contributed by atoms with Crippen LogP contribution in [0.2, 0.25) is 0 Å². The van der Waals surface area contributed by atoms with Crippen LogP contribution in [-0.4, -0.2) is 26.2 Å². The van der Waals surface area contributed by atoms with Crippen molar-refractivity contribution in [3.63, 3.8) is 0 Å². The molecular formula is C22H20N2O8. The van der Waals surface area contributed by atoms with E-state index in [1.54, 1.807) is 60.7 Å². The van der Waals surface area contributed by atoms with E-state index in [2.05, 4.69) is 21.5 Å². The Balaban J connectivity index is 1.89. The van der Waals surface area contributed by atoms with E-state index in [1.807, 2.05) is 11.3 Å². The second-order valence-electron chi connectivity index (χ2n) is 5.81. The zero-order valence-corrected chi connectivity index (χ0v) is 17.2. The van der Waals surface area contributed by atoms with E-state index in [9.17, 15) is 9.59 Å². The van der Waals surface area contributed by atoms with Crippen molar-refractivity contribution in [2.24, 2.45) is 0 Å². The van der Waals surface area contributed by atoms with Crippen molar-refractivity contribution in [2.75, 3.05) is 14.2 Å². The van der Waals surface area contributed by atoms with Gasteiger partial charge < -0.3 is 19.1 Å². The Bertz CT molecular complexity index is 905. The van der Waals surface area contributed by atoms with Gasteiger partial charge in [-0.15, -0.1) is 12.8 Å². The third-order valence-corrected chi connectivity index (χ3v) is 4.07. The summed E-state index contributed by atoms with van der Waals surface area (Å²) in [4.78, 5) is 42.8. The number of terminal acetylenes is 2. The summed E-state index contributed by atoms with van der Waals surface area (Å²) < 4.78 is 10.4. The third-order valence-electron chi connectivity index (χ3n) is 4.07. The van der Waals surface area contributed by atoms with Gasteiger partial charge in [-0.25, -0.2) is 19.3 Å². The highest BCUT2D eigenvalue weighted by Gasteiger charge is 2.34. The maximum atomic E-state index is 11.8. The van der Waals surface area contributed by atoms with Gasteiger partial charge in [0, 0.05) is 25.3 Å². The normalized spacial score (nSPS) is 14.1. The molecule has 10 nitrogen and oxygen atoms in total. The summed E-state index contributed by atoms with van der Waals surface area (Å²) in [5.74, 6) is -1.89. The predicted molar refractivity (Wildman–Crippen MR) is 109 cm³/mol. The predicted octanol–water partition coefficient (Wildman–Crippen LogP) is 1.21. The standard InChI is InChI=1S/C22H20N2O8/c1-5-21(27-3,17-13-9-7-10-14-17)31-23-29-19(25)20(26)30-24-32-22(6-2,28-4)18-15-11-8-12-16-18/h1-2,7-16,23-24H,3-4H3. The summed E-state index contributed by atoms with van der Waals surface area (Å²) in [6, 6.07) is 16.8. The minimum absolute atomic E-state index is 0.428. The van der Waals surface area contributed by atoms with Crippen molar-refractivity contribution < 1.29 is 38.4 Å². The van der Waals surface area contributed by atoms with E-state index in [4.69, 9.17) is 32.0 Å². The lowest BCUT2D eigenvalue weighted by atomic mass is 10.1. The van der Waals surface area contributed by atoms with Gasteiger partial charge in [0.25, 0.3) is 11.6 Å². The summed E-state index contributed by atoms with van der Waals surface area (Å²) in [5, 5.41) is 0. The van der Waals surface area contributed by atoms with Crippen LogP contribution in [0.25, 0.3) is 0 Å². The minimum atomic E-state index is -1.73. The molecule has 0 fully saturated rings. The van der Waals surface area contributed by atoms with E-state index in [0.717, 1.165) is 0 Å². The lowest BCUT2D eigenvalue weighted by Gasteiger charge is -2.26. The number of carbonyl (C=O) groups is 2. The summed E-state index contributed by atoms with van der Waals surface area (Å²) in [6.07, 6.45) is 11.0. The van der Waals surface area contributed by atoms with Crippen LogP contribution in [0.5, 0.6) is 0 Å². The highest BCUT2D eigenvalue weighted by molar-refractivity contribution is 6.29. The van der Waals surface area contributed by atoms with E-state index < -0.39 is 23.5 Å². The van der Waals surface area contributed by atoms with Crippen molar-refractivity contribution in [2.45, 2.75) is 11.6 Å². The fraction of sp³-hybridized carbons (Fsp3) is 0.182. The van der Waals surface area contributed by atoms with Crippen molar-refractivity contribution in [3.05, 3.63) is 71.8 Å². The average Bonchev–Trinajstić information content (AvgIpc) is 2.86. The molecular weight excluding hydrogens is 420 g/mol. The first-order chi connectivity index (χ1) is 15.5. The molecule has 10 heteroatoms. The van der Waals surface area contributed by atoms with Gasteiger partial charge in [-0.3, -0.25) is 0 Å². The van der Waals surface area contributed by atoms with Crippen LogP contribution in [0.3, 0.4) is 0 Å². The molecule has 2 atom stereocenters. The molecule has 2 aromatic carbocycles. The first-order valence-corrected chi connectivity index (χ1v) is 8.91. The van der Waals surface area contributed by atoms with Crippen LogP contribution in [0.4, 0.5) is 0 Å². The molecule has 0 heterocycles. The first-order valence-electron chi connectivity index (χ1n) is 8.91. The summed E-state index contributed by atoms with van der Waals surface area (Å²) in [7, 11) is 2.57. The maximum absolute atomic E-state index is 11.8. The number of nitrogens with one attached hydrogen (secondary N) is 2. The Morgan fingerprint density at radius 1 is 0.719 bits per heavy atom. The zero-order chi connectivity index (χ0) is 23.5. The van der Waals surface area contributed by atoms with Crippen molar-refractivity contribution in [3.8, 4) is 24.7 Å². The van der Waals surface area contributed by atoms with E-state index in [1.165, 1.54) is 14.2 Å².